The van der Waals surface area contributed by atoms with E-state index in [0.717, 1.165) is 19.4 Å². The van der Waals surface area contributed by atoms with Gasteiger partial charge < -0.3 is 4.90 Å². The number of sulfonamides is 1. The fourth-order valence-electron chi connectivity index (χ4n) is 2.88. The normalized spacial score (nSPS) is 11.4. The van der Waals surface area contributed by atoms with E-state index in [-0.39, 0.29) is 10.7 Å². The number of ketones is 1. The van der Waals surface area contributed by atoms with Crippen LogP contribution in [0, 0.1) is 0 Å². The van der Waals surface area contributed by atoms with Crippen molar-refractivity contribution in [2.24, 2.45) is 5.14 Å². The van der Waals surface area contributed by atoms with Crippen molar-refractivity contribution in [2.75, 3.05) is 18.0 Å². The number of carbonyl (C=O) groups is 1. The number of unbranched alkanes of at least 4 members (excludes halogenated alkanes) is 1. The smallest absolute Gasteiger partial charge is 0.238 e. The van der Waals surface area contributed by atoms with Crippen LogP contribution in [0.2, 0.25) is 0 Å². The number of carbonyl (C=O) groups excluding carboxylic acids is 1. The van der Waals surface area contributed by atoms with Crippen molar-refractivity contribution >= 4 is 21.5 Å². The molecule has 1 aromatic heterocycles. The van der Waals surface area contributed by atoms with Gasteiger partial charge in [-0.2, -0.15) is 0 Å². The first kappa shape index (κ1) is 20.1. The highest BCUT2D eigenvalue weighted by Crippen LogP contribution is 2.37. The van der Waals surface area contributed by atoms with Crippen LogP contribution in [0.3, 0.4) is 0 Å². The van der Waals surface area contributed by atoms with Gasteiger partial charge in [-0.25, -0.2) is 13.6 Å². The Labute approximate surface area is 155 Å². The van der Waals surface area contributed by atoms with Gasteiger partial charge in [0.2, 0.25) is 10.0 Å². The third kappa shape index (κ3) is 4.47. The van der Waals surface area contributed by atoms with Gasteiger partial charge in [0.1, 0.15) is 0 Å². The highest BCUT2D eigenvalue weighted by molar-refractivity contribution is 7.89. The fourth-order valence-corrected chi connectivity index (χ4v) is 3.68. The molecule has 2 aromatic rings. The average Bonchev–Trinajstić information content (AvgIpc) is 2.61. The van der Waals surface area contributed by atoms with E-state index in [0.29, 0.717) is 28.9 Å². The standard InChI is InChI=1S/C19H25N3O3S/c1-4-6-11-22(5-2)17-12-16(14(3)23)13-18(26(20,24)25)19(17)15-7-9-21-10-8-15/h7-10,12-13H,4-6,11H2,1-3H3,(H2,20,24,25). The van der Waals surface area contributed by atoms with Gasteiger partial charge in [-0.3, -0.25) is 9.78 Å². The minimum Gasteiger partial charge on any atom is -0.371 e. The lowest BCUT2D eigenvalue weighted by molar-refractivity contribution is 0.101. The molecule has 7 heteroatoms. The number of nitrogens with two attached hydrogens (primary N) is 1. The summed E-state index contributed by atoms with van der Waals surface area (Å²) in [6, 6.07) is 6.61. The van der Waals surface area contributed by atoms with Crippen molar-refractivity contribution in [1.82, 2.24) is 4.98 Å². The molecule has 2 rings (SSSR count). The maximum absolute atomic E-state index is 12.3. The van der Waals surface area contributed by atoms with Gasteiger partial charge in [0.15, 0.2) is 5.78 Å². The van der Waals surface area contributed by atoms with Crippen LogP contribution in [0.4, 0.5) is 5.69 Å². The van der Waals surface area contributed by atoms with Crippen LogP contribution in [-0.4, -0.2) is 32.3 Å². The Morgan fingerprint density at radius 2 is 1.85 bits per heavy atom. The molecule has 0 bridgehead atoms. The summed E-state index contributed by atoms with van der Waals surface area (Å²) in [5.74, 6) is -0.205. The summed E-state index contributed by atoms with van der Waals surface area (Å²) in [4.78, 5) is 18.0. The third-order valence-electron chi connectivity index (χ3n) is 4.27. The van der Waals surface area contributed by atoms with Crippen LogP contribution in [0.1, 0.15) is 44.0 Å². The van der Waals surface area contributed by atoms with Crippen molar-refractivity contribution in [3.05, 3.63) is 42.2 Å². The van der Waals surface area contributed by atoms with Crippen LogP contribution < -0.4 is 10.0 Å². The van der Waals surface area contributed by atoms with Crippen LogP contribution >= 0.6 is 0 Å². The van der Waals surface area contributed by atoms with E-state index in [1.807, 2.05) is 6.92 Å². The number of primary sulfonamides is 1. The lowest BCUT2D eigenvalue weighted by Crippen LogP contribution is -2.26. The third-order valence-corrected chi connectivity index (χ3v) is 5.20. The zero-order valence-corrected chi connectivity index (χ0v) is 16.2. The zero-order valence-electron chi connectivity index (χ0n) is 15.4. The second-order valence-electron chi connectivity index (χ2n) is 6.14. The molecule has 0 radical (unpaired) electrons. The molecule has 2 N–H and O–H groups in total. The molecule has 6 nitrogen and oxygen atoms in total. The minimum atomic E-state index is -4.02. The molecule has 1 heterocycles. The number of hydrogen-bond acceptors (Lipinski definition) is 5. The van der Waals surface area contributed by atoms with Crippen molar-refractivity contribution in [3.63, 3.8) is 0 Å². The van der Waals surface area contributed by atoms with Gasteiger partial charge in [-0.05, 0) is 50.1 Å². The highest BCUT2D eigenvalue weighted by Gasteiger charge is 2.24. The molecule has 0 unspecified atom stereocenters. The van der Waals surface area contributed by atoms with Gasteiger partial charge in [0.05, 0.1) is 4.90 Å². The second kappa shape index (κ2) is 8.42. The molecule has 0 aliphatic heterocycles. The molecule has 0 spiro atoms. The molecule has 0 atom stereocenters. The molecule has 0 aliphatic carbocycles. The fraction of sp³-hybridized carbons (Fsp3) is 0.368. The number of anilines is 1. The van der Waals surface area contributed by atoms with Gasteiger partial charge in [0, 0.05) is 42.3 Å². The molecule has 0 fully saturated rings. The SMILES string of the molecule is CCCCN(CC)c1cc(C(C)=O)cc(S(N)(=O)=O)c1-c1ccncc1. The Morgan fingerprint density at radius 3 is 2.35 bits per heavy atom. The number of pyridine rings is 1. The summed E-state index contributed by atoms with van der Waals surface area (Å²) in [6.07, 6.45) is 5.18. The number of Topliss-reactive ketones (excluding diaryl/α,β-unsaturated/α-hetero) is 1. The minimum absolute atomic E-state index is 0.0404. The van der Waals surface area contributed by atoms with Crippen LogP contribution in [0.15, 0.2) is 41.6 Å². The number of rotatable bonds is 8. The predicted octanol–water partition coefficient (Wildman–Crippen LogP) is 3.23. The van der Waals surface area contributed by atoms with Gasteiger partial charge >= 0.3 is 0 Å². The molecule has 26 heavy (non-hydrogen) atoms. The Morgan fingerprint density at radius 1 is 1.19 bits per heavy atom. The maximum Gasteiger partial charge on any atom is 0.238 e. The first-order chi connectivity index (χ1) is 12.3. The van der Waals surface area contributed by atoms with E-state index in [9.17, 15) is 13.2 Å². The number of aromatic nitrogens is 1. The summed E-state index contributed by atoms with van der Waals surface area (Å²) in [5.41, 5.74) is 2.24. The average molecular weight is 375 g/mol. The zero-order chi connectivity index (χ0) is 19.3. The van der Waals surface area contributed by atoms with Gasteiger partial charge in [0.25, 0.3) is 0 Å². The lowest BCUT2D eigenvalue weighted by Gasteiger charge is -2.27. The Kier molecular flexibility index (Phi) is 6.50. The summed E-state index contributed by atoms with van der Waals surface area (Å²) in [5, 5.41) is 5.50. The summed E-state index contributed by atoms with van der Waals surface area (Å²) >= 11 is 0. The highest BCUT2D eigenvalue weighted by atomic mass is 32.2. The van der Waals surface area contributed by atoms with E-state index in [1.54, 1.807) is 30.6 Å². The molecule has 0 aliphatic rings. The van der Waals surface area contributed by atoms with Crippen molar-refractivity contribution in [1.29, 1.82) is 0 Å². The molecule has 0 saturated carbocycles. The summed E-state index contributed by atoms with van der Waals surface area (Å²) in [7, 11) is -4.02. The van der Waals surface area contributed by atoms with Crippen LogP contribution in [0.5, 0.6) is 0 Å². The molecule has 0 amide bonds. The quantitative estimate of drug-likeness (QED) is 0.715. The van der Waals surface area contributed by atoms with Crippen molar-refractivity contribution < 1.29 is 13.2 Å². The van der Waals surface area contributed by atoms with Crippen LogP contribution in [-0.2, 0) is 10.0 Å². The van der Waals surface area contributed by atoms with E-state index in [4.69, 9.17) is 5.14 Å². The predicted molar refractivity (Wildman–Crippen MR) is 104 cm³/mol. The van der Waals surface area contributed by atoms with E-state index < -0.39 is 10.0 Å². The second-order valence-corrected chi connectivity index (χ2v) is 7.67. The molecular weight excluding hydrogens is 350 g/mol. The first-order valence-corrected chi connectivity index (χ1v) is 10.2. The number of hydrogen-bond donors (Lipinski definition) is 1. The molecular formula is C19H25N3O3S. The first-order valence-electron chi connectivity index (χ1n) is 8.66. The number of benzene rings is 1. The maximum atomic E-state index is 12.3. The van der Waals surface area contributed by atoms with Crippen molar-refractivity contribution in [3.8, 4) is 11.1 Å². The summed E-state index contributed by atoms with van der Waals surface area (Å²) < 4.78 is 24.6. The summed E-state index contributed by atoms with van der Waals surface area (Å²) in [6.45, 7) is 6.96. The van der Waals surface area contributed by atoms with Gasteiger partial charge in [-0.1, -0.05) is 13.3 Å². The van der Waals surface area contributed by atoms with Gasteiger partial charge in [-0.15, -0.1) is 0 Å². The molecule has 0 saturated heterocycles. The van der Waals surface area contributed by atoms with E-state index >= 15 is 0 Å². The number of nitrogens with zero attached hydrogens (tertiary/aromatic N) is 2. The van der Waals surface area contributed by atoms with Crippen LogP contribution in [0.25, 0.3) is 11.1 Å². The monoisotopic (exact) mass is 375 g/mol. The molecule has 1 aromatic carbocycles. The van der Waals surface area contributed by atoms with E-state index in [2.05, 4.69) is 16.8 Å². The Balaban J connectivity index is 2.85. The molecule has 140 valence electrons. The van der Waals surface area contributed by atoms with Crippen molar-refractivity contribution in [2.45, 2.75) is 38.5 Å². The lowest BCUT2D eigenvalue weighted by atomic mass is 9.99. The Hall–Kier alpha value is -2.25. The topological polar surface area (TPSA) is 93.4 Å². The Bertz CT molecular complexity index is 880. The largest absolute Gasteiger partial charge is 0.371 e. The van der Waals surface area contributed by atoms with E-state index in [1.165, 1.54) is 13.0 Å².